The third-order valence-corrected chi connectivity index (χ3v) is 16.9. The normalized spacial score (nSPS) is 24.5. The van der Waals surface area contributed by atoms with Crippen molar-refractivity contribution in [3.63, 3.8) is 0 Å². The number of hydrogen-bond acceptors (Lipinski definition) is 0. The van der Waals surface area contributed by atoms with Gasteiger partial charge < -0.3 is 0 Å². The van der Waals surface area contributed by atoms with Crippen LogP contribution in [0.1, 0.15) is 133 Å². The van der Waals surface area contributed by atoms with Gasteiger partial charge in [-0.1, -0.05) is 0 Å². The van der Waals surface area contributed by atoms with Crippen LogP contribution in [-0.2, 0) is 0 Å². The molecule has 2 aromatic rings. The Balaban J connectivity index is 1.81. The summed E-state index contributed by atoms with van der Waals surface area (Å²) in [6, 6.07) is 15.1. The van der Waals surface area contributed by atoms with Crippen LogP contribution in [0.2, 0.25) is 0 Å². The Hall–Kier alpha value is -1.13. The number of rotatable bonds is 4. The predicted molar refractivity (Wildman–Crippen MR) is 150 cm³/mol. The summed E-state index contributed by atoms with van der Waals surface area (Å²) in [6.07, 6.45) is 14.8. The Morgan fingerprint density at radius 3 is 1.85 bits per heavy atom. The third kappa shape index (κ3) is 3.84. The fraction of sp³-hybridized carbons (Fsp3) is 0.625. The molecule has 1 heterocycles. The van der Waals surface area contributed by atoms with Gasteiger partial charge in [0.05, 0.1) is 0 Å². The molecule has 2 saturated carbocycles. The van der Waals surface area contributed by atoms with Gasteiger partial charge in [-0.15, -0.1) is 0 Å². The monoisotopic (exact) mass is 462 g/mol. The average molecular weight is 463 g/mol. The van der Waals surface area contributed by atoms with Crippen molar-refractivity contribution in [1.82, 2.24) is 0 Å². The van der Waals surface area contributed by atoms with Crippen molar-refractivity contribution in [2.45, 2.75) is 128 Å². The molecule has 0 saturated heterocycles. The zero-order valence-corrected chi connectivity index (χ0v) is 22.9. The molecule has 2 aromatic carbocycles. The van der Waals surface area contributed by atoms with E-state index in [2.05, 4.69) is 71.0 Å². The molecular formula is C32H47P. The molecule has 0 nitrogen and oxygen atoms in total. The molecule has 33 heavy (non-hydrogen) atoms. The average Bonchev–Trinajstić information content (AvgIpc) is 2.85. The van der Waals surface area contributed by atoms with Gasteiger partial charge in [0.1, 0.15) is 0 Å². The SMILES string of the molecule is CC(C)c1cc(C(C)C)c2c(c1)C(C)[PH](C1CCCCC1)(C1CCCCC1)c1ccccc1-2. The summed E-state index contributed by atoms with van der Waals surface area (Å²) in [7, 11) is -1.77. The van der Waals surface area contributed by atoms with E-state index in [1.807, 2.05) is 5.30 Å². The Kier molecular flexibility index (Phi) is 6.79. The Bertz CT molecular complexity index is 954. The summed E-state index contributed by atoms with van der Waals surface area (Å²) in [4.78, 5) is 0. The van der Waals surface area contributed by atoms with Gasteiger partial charge in [0.25, 0.3) is 0 Å². The number of benzene rings is 2. The summed E-state index contributed by atoms with van der Waals surface area (Å²) >= 11 is 0. The molecule has 0 N–H and O–H groups in total. The van der Waals surface area contributed by atoms with E-state index in [0.717, 1.165) is 17.0 Å². The molecule has 1 aliphatic heterocycles. The van der Waals surface area contributed by atoms with Crippen LogP contribution < -0.4 is 5.30 Å². The van der Waals surface area contributed by atoms with Crippen molar-refractivity contribution in [2.75, 3.05) is 0 Å². The van der Waals surface area contributed by atoms with E-state index in [0.29, 0.717) is 11.8 Å². The summed E-state index contributed by atoms with van der Waals surface area (Å²) in [6.45, 7) is 12.3. The second kappa shape index (κ2) is 9.49. The standard InChI is InChI=1S/C32H47P/c1-22(2)25-20-29(23(3)4)32-28-18-12-13-19-31(28)33(24(5)30(32)21-25,26-14-8-6-9-15-26)27-16-10-7-11-17-27/h12-13,18-24,26-27,33H,6-11,14-17H2,1-5H3. The Morgan fingerprint density at radius 2 is 1.30 bits per heavy atom. The maximum absolute atomic E-state index is 2.71. The Morgan fingerprint density at radius 1 is 0.727 bits per heavy atom. The topological polar surface area (TPSA) is 0 Å². The van der Waals surface area contributed by atoms with Gasteiger partial charge in [-0.2, -0.15) is 0 Å². The van der Waals surface area contributed by atoms with Crippen molar-refractivity contribution in [1.29, 1.82) is 0 Å². The molecule has 0 bridgehead atoms. The van der Waals surface area contributed by atoms with Crippen molar-refractivity contribution in [3.05, 3.63) is 53.1 Å². The van der Waals surface area contributed by atoms with Crippen LogP contribution >= 0.6 is 7.26 Å². The minimum atomic E-state index is -1.77. The van der Waals surface area contributed by atoms with E-state index >= 15 is 0 Å². The number of fused-ring (bicyclic) bond motifs is 3. The first-order chi connectivity index (χ1) is 16.0. The minimum absolute atomic E-state index is 0.566. The van der Waals surface area contributed by atoms with Crippen molar-refractivity contribution in [2.24, 2.45) is 0 Å². The van der Waals surface area contributed by atoms with E-state index in [1.165, 1.54) is 64.2 Å². The van der Waals surface area contributed by atoms with Crippen LogP contribution in [0, 0.1) is 0 Å². The van der Waals surface area contributed by atoms with E-state index < -0.39 is 7.26 Å². The summed E-state index contributed by atoms with van der Waals surface area (Å²) in [5.74, 6) is 1.16. The maximum atomic E-state index is 2.71. The van der Waals surface area contributed by atoms with Crippen molar-refractivity contribution >= 4 is 12.6 Å². The molecule has 2 aliphatic carbocycles. The zero-order valence-electron chi connectivity index (χ0n) is 21.9. The molecule has 1 heteroatoms. The van der Waals surface area contributed by atoms with E-state index in [-0.39, 0.29) is 0 Å². The van der Waals surface area contributed by atoms with Gasteiger partial charge in [0.2, 0.25) is 0 Å². The molecule has 0 aromatic heterocycles. The van der Waals surface area contributed by atoms with Crippen LogP contribution in [0.5, 0.6) is 0 Å². The van der Waals surface area contributed by atoms with Gasteiger partial charge in [-0.3, -0.25) is 0 Å². The fourth-order valence-electron chi connectivity index (χ4n) is 8.36. The molecule has 2 fully saturated rings. The summed E-state index contributed by atoms with van der Waals surface area (Å²) in [5.41, 5.74) is 10.9. The van der Waals surface area contributed by atoms with Crippen LogP contribution in [0.4, 0.5) is 0 Å². The van der Waals surface area contributed by atoms with Crippen LogP contribution in [-0.4, -0.2) is 11.3 Å². The van der Waals surface area contributed by atoms with Crippen LogP contribution in [0.15, 0.2) is 36.4 Å². The summed E-state index contributed by atoms with van der Waals surface area (Å²) < 4.78 is 0. The van der Waals surface area contributed by atoms with E-state index in [4.69, 9.17) is 0 Å². The fourth-order valence-corrected chi connectivity index (χ4v) is 16.3. The molecule has 0 radical (unpaired) electrons. The molecule has 1 atom stereocenters. The second-order valence-electron chi connectivity index (χ2n) is 12.3. The third-order valence-electron chi connectivity index (χ3n) is 9.92. The van der Waals surface area contributed by atoms with Gasteiger partial charge in [0, 0.05) is 0 Å². The number of hydrogen-bond donors (Lipinski definition) is 0. The first-order valence-corrected chi connectivity index (χ1v) is 16.5. The summed E-state index contributed by atoms with van der Waals surface area (Å²) in [5, 5.41) is 1.86. The van der Waals surface area contributed by atoms with Gasteiger partial charge in [-0.05, 0) is 0 Å². The van der Waals surface area contributed by atoms with Gasteiger partial charge >= 0.3 is 204 Å². The van der Waals surface area contributed by atoms with Gasteiger partial charge in [0.15, 0.2) is 0 Å². The van der Waals surface area contributed by atoms with E-state index in [1.54, 1.807) is 27.8 Å². The molecular weight excluding hydrogens is 415 g/mol. The molecule has 3 aliphatic rings. The molecule has 0 spiro atoms. The van der Waals surface area contributed by atoms with Crippen molar-refractivity contribution < 1.29 is 0 Å². The predicted octanol–water partition coefficient (Wildman–Crippen LogP) is 9.72. The quantitative estimate of drug-likeness (QED) is 0.397. The van der Waals surface area contributed by atoms with E-state index in [9.17, 15) is 0 Å². The first-order valence-electron chi connectivity index (χ1n) is 14.2. The van der Waals surface area contributed by atoms with Crippen LogP contribution in [0.25, 0.3) is 11.1 Å². The molecule has 180 valence electrons. The Labute approximate surface area is 204 Å². The second-order valence-corrected chi connectivity index (χ2v) is 17.2. The van der Waals surface area contributed by atoms with Gasteiger partial charge in [-0.25, -0.2) is 0 Å². The molecule has 0 amide bonds. The molecule has 5 rings (SSSR count). The van der Waals surface area contributed by atoms with Crippen LogP contribution in [0.3, 0.4) is 0 Å². The molecule has 1 unspecified atom stereocenters. The zero-order chi connectivity index (χ0) is 23.2. The van der Waals surface area contributed by atoms with Crippen molar-refractivity contribution in [3.8, 4) is 11.1 Å². The first kappa shape index (κ1) is 23.6.